The highest BCUT2D eigenvalue weighted by Gasteiger charge is 2.24. The van der Waals surface area contributed by atoms with Crippen LogP contribution in [0.5, 0.6) is 17.2 Å². The van der Waals surface area contributed by atoms with E-state index in [1.165, 1.54) is 33.5 Å². The summed E-state index contributed by atoms with van der Waals surface area (Å²) in [5.74, 6) is -0.912. The minimum atomic E-state index is -1.21. The van der Waals surface area contributed by atoms with Crippen LogP contribution in [0.15, 0.2) is 16.6 Å². The van der Waals surface area contributed by atoms with Crippen molar-refractivity contribution in [3.8, 4) is 17.2 Å². The molecule has 1 amide bonds. The first-order valence-corrected chi connectivity index (χ1v) is 10.8. The number of nitrogens with one attached hydrogen (secondary N) is 1. The zero-order valence-electron chi connectivity index (χ0n) is 19.5. The topological polar surface area (TPSA) is 132 Å². The van der Waals surface area contributed by atoms with Gasteiger partial charge in [0.05, 0.1) is 38.1 Å². The molecule has 0 saturated carbocycles. The fraction of sp³-hybridized carbons (Fsp3) is 0.500. The number of anilines is 1. The maximum atomic E-state index is 12.3. The van der Waals surface area contributed by atoms with Crippen molar-refractivity contribution in [3.05, 3.63) is 22.2 Å². The van der Waals surface area contributed by atoms with Gasteiger partial charge in [0.15, 0.2) is 11.5 Å². The highest BCUT2D eigenvalue weighted by molar-refractivity contribution is 9.12. The Morgan fingerprint density at radius 1 is 1.09 bits per heavy atom. The van der Waals surface area contributed by atoms with E-state index in [2.05, 4.69) is 21.2 Å². The Morgan fingerprint density at radius 3 is 2.24 bits per heavy atom. The van der Waals surface area contributed by atoms with Gasteiger partial charge in [0.1, 0.15) is 11.4 Å². The predicted octanol–water partition coefficient (Wildman–Crippen LogP) is 2.95. The molecule has 0 aliphatic heterocycles. The van der Waals surface area contributed by atoms with Crippen LogP contribution in [0.4, 0.5) is 10.5 Å². The van der Waals surface area contributed by atoms with Gasteiger partial charge in [0.2, 0.25) is 0 Å². The number of carbonyl (C=O) groups is 3. The van der Waals surface area contributed by atoms with Crippen molar-refractivity contribution in [3.63, 3.8) is 0 Å². The summed E-state index contributed by atoms with van der Waals surface area (Å²) in [5, 5.41) is 13.1. The van der Waals surface area contributed by atoms with Crippen molar-refractivity contribution in [1.82, 2.24) is 0 Å². The number of aliphatic carboxylic acids is 1. The second-order valence-corrected chi connectivity index (χ2v) is 8.50. The molecule has 1 aromatic rings. The second-order valence-electron chi connectivity index (χ2n) is 7.65. The number of methoxy groups -OCH3 is 3. The number of ether oxygens (including phenoxy) is 5. The van der Waals surface area contributed by atoms with Gasteiger partial charge in [-0.05, 0) is 49.5 Å². The standard InChI is InChI=1S/C22H30BrNO9/c1-22(2,3)33-21(28)24-15-12-16(29-4)19(31-6)13(18(15)30-5)10-11-32-20(27)14(23)8-7-9-17(25)26/h8,12H,7,9-11H2,1-6H3,(H,24,28)(H,25,26)/p-1/b14-8+. The van der Waals surface area contributed by atoms with E-state index in [-0.39, 0.29) is 41.8 Å². The molecule has 11 heteroatoms. The lowest BCUT2D eigenvalue weighted by atomic mass is 10.1. The van der Waals surface area contributed by atoms with Crippen molar-refractivity contribution in [2.45, 2.75) is 45.6 Å². The SMILES string of the molecule is COc1cc(NC(=O)OC(C)(C)C)c(OC)c(CCOC(=O)/C(Br)=C\CCC(=O)[O-])c1OC. The Balaban J connectivity index is 3.09. The van der Waals surface area contributed by atoms with Crippen molar-refractivity contribution in [2.24, 2.45) is 0 Å². The minimum Gasteiger partial charge on any atom is -0.550 e. The summed E-state index contributed by atoms with van der Waals surface area (Å²) in [7, 11) is 4.32. The Morgan fingerprint density at radius 2 is 1.73 bits per heavy atom. The molecule has 0 aromatic heterocycles. The molecular formula is C22H29BrNO9-. The van der Waals surface area contributed by atoms with Gasteiger partial charge in [-0.25, -0.2) is 9.59 Å². The molecule has 0 radical (unpaired) electrons. The van der Waals surface area contributed by atoms with Gasteiger partial charge in [-0.1, -0.05) is 6.08 Å². The molecule has 184 valence electrons. The summed E-state index contributed by atoms with van der Waals surface area (Å²) < 4.78 is 27.0. The van der Waals surface area contributed by atoms with E-state index in [0.717, 1.165) is 0 Å². The number of hydrogen-bond donors (Lipinski definition) is 1. The van der Waals surface area contributed by atoms with Gasteiger partial charge in [-0.3, -0.25) is 5.32 Å². The lowest BCUT2D eigenvalue weighted by Gasteiger charge is -2.22. The largest absolute Gasteiger partial charge is 0.550 e. The lowest BCUT2D eigenvalue weighted by molar-refractivity contribution is -0.305. The monoisotopic (exact) mass is 530 g/mol. The van der Waals surface area contributed by atoms with Crippen molar-refractivity contribution in [1.29, 1.82) is 0 Å². The number of rotatable bonds is 11. The Labute approximate surface area is 201 Å². The third-order valence-electron chi connectivity index (χ3n) is 4.01. The Kier molecular flexibility index (Phi) is 11.0. The molecule has 0 spiro atoms. The first kappa shape index (κ1) is 28.1. The molecular weight excluding hydrogens is 502 g/mol. The normalized spacial score (nSPS) is 11.4. The number of carboxylic acid groups (broad SMARTS) is 1. The molecule has 0 atom stereocenters. The first-order valence-electron chi connectivity index (χ1n) is 9.98. The molecule has 0 aliphatic rings. The number of carbonyl (C=O) groups excluding carboxylic acids is 3. The molecule has 0 saturated heterocycles. The molecule has 33 heavy (non-hydrogen) atoms. The average Bonchev–Trinajstić information content (AvgIpc) is 2.71. The van der Waals surface area contributed by atoms with E-state index >= 15 is 0 Å². The second kappa shape index (κ2) is 12.9. The maximum Gasteiger partial charge on any atom is 0.412 e. The number of hydrogen-bond acceptors (Lipinski definition) is 9. The van der Waals surface area contributed by atoms with Crippen LogP contribution in [-0.4, -0.2) is 51.6 Å². The van der Waals surface area contributed by atoms with Crippen LogP contribution in [0, 0.1) is 0 Å². The van der Waals surface area contributed by atoms with E-state index in [1.807, 2.05) is 0 Å². The molecule has 0 fully saturated rings. The molecule has 0 aliphatic carbocycles. The fourth-order valence-electron chi connectivity index (χ4n) is 2.73. The average molecular weight is 531 g/mol. The van der Waals surface area contributed by atoms with Gasteiger partial charge >= 0.3 is 12.1 Å². The summed E-state index contributed by atoms with van der Waals surface area (Å²) >= 11 is 3.06. The van der Waals surface area contributed by atoms with Crippen molar-refractivity contribution < 1.29 is 43.2 Å². The summed E-state index contributed by atoms with van der Waals surface area (Å²) in [6, 6.07) is 1.54. The van der Waals surface area contributed by atoms with Crippen LogP contribution >= 0.6 is 15.9 Å². The maximum absolute atomic E-state index is 12.3. The summed E-state index contributed by atoms with van der Waals surface area (Å²) in [6.45, 7) is 5.16. The Hall–Kier alpha value is -2.95. The molecule has 0 heterocycles. The molecule has 10 nitrogen and oxygen atoms in total. The molecule has 0 bridgehead atoms. The van der Waals surface area contributed by atoms with E-state index in [1.54, 1.807) is 20.8 Å². The molecule has 1 aromatic carbocycles. The van der Waals surface area contributed by atoms with Gasteiger partial charge in [-0.2, -0.15) is 0 Å². The molecule has 1 rings (SSSR count). The third kappa shape index (κ3) is 9.21. The molecule has 1 N–H and O–H groups in total. The van der Waals surface area contributed by atoms with Crippen LogP contribution in [0.25, 0.3) is 0 Å². The quantitative estimate of drug-likeness (QED) is 0.338. The van der Waals surface area contributed by atoms with E-state index < -0.39 is 23.6 Å². The van der Waals surface area contributed by atoms with Crippen LogP contribution in [0.3, 0.4) is 0 Å². The van der Waals surface area contributed by atoms with Crippen LogP contribution in [0.2, 0.25) is 0 Å². The third-order valence-corrected chi connectivity index (χ3v) is 4.66. The van der Waals surface area contributed by atoms with Crippen LogP contribution in [-0.2, 0) is 25.5 Å². The van der Waals surface area contributed by atoms with Crippen LogP contribution in [0.1, 0.15) is 39.2 Å². The summed E-state index contributed by atoms with van der Waals surface area (Å²) in [5.41, 5.74) is 0.0802. The zero-order chi connectivity index (χ0) is 25.2. The summed E-state index contributed by atoms with van der Waals surface area (Å²) in [6.07, 6.45) is 0.783. The lowest BCUT2D eigenvalue weighted by Crippen LogP contribution is -2.27. The number of allylic oxidation sites excluding steroid dienone is 1. The Bertz CT molecular complexity index is 891. The van der Waals surface area contributed by atoms with E-state index in [4.69, 9.17) is 23.7 Å². The van der Waals surface area contributed by atoms with Gasteiger partial charge in [0, 0.05) is 24.0 Å². The summed E-state index contributed by atoms with van der Waals surface area (Å²) in [4.78, 5) is 34.9. The number of carboxylic acids is 1. The highest BCUT2D eigenvalue weighted by atomic mass is 79.9. The number of amides is 1. The van der Waals surface area contributed by atoms with Crippen molar-refractivity contribution >= 4 is 39.6 Å². The number of benzene rings is 1. The smallest absolute Gasteiger partial charge is 0.412 e. The van der Waals surface area contributed by atoms with Gasteiger partial charge < -0.3 is 33.6 Å². The minimum absolute atomic E-state index is 0.0615. The first-order chi connectivity index (χ1) is 15.4. The van der Waals surface area contributed by atoms with Gasteiger partial charge in [0.25, 0.3) is 0 Å². The van der Waals surface area contributed by atoms with E-state index in [0.29, 0.717) is 17.1 Å². The zero-order valence-corrected chi connectivity index (χ0v) is 21.1. The number of esters is 1. The number of halogens is 1. The fourth-order valence-corrected chi connectivity index (χ4v) is 3.08. The van der Waals surface area contributed by atoms with Crippen LogP contribution < -0.4 is 24.6 Å². The predicted molar refractivity (Wildman–Crippen MR) is 122 cm³/mol. The molecule has 0 unspecified atom stereocenters. The van der Waals surface area contributed by atoms with E-state index in [9.17, 15) is 19.5 Å². The van der Waals surface area contributed by atoms with Gasteiger partial charge in [-0.15, -0.1) is 0 Å². The van der Waals surface area contributed by atoms with Crippen molar-refractivity contribution in [2.75, 3.05) is 33.3 Å². The highest BCUT2D eigenvalue weighted by Crippen LogP contribution is 2.43.